The average Bonchev–Trinajstić information content (AvgIpc) is 2.40. The normalized spacial score (nSPS) is 16.1. The lowest BCUT2D eigenvalue weighted by Crippen LogP contribution is -2.32. The molecule has 2 N–H and O–H groups in total. The topological polar surface area (TPSA) is 57.4 Å². The van der Waals surface area contributed by atoms with E-state index in [1.807, 2.05) is 12.1 Å². The van der Waals surface area contributed by atoms with Crippen molar-refractivity contribution in [1.29, 1.82) is 0 Å². The van der Waals surface area contributed by atoms with E-state index in [4.69, 9.17) is 15.2 Å². The van der Waals surface area contributed by atoms with Crippen LogP contribution >= 0.6 is 0 Å². The highest BCUT2D eigenvalue weighted by molar-refractivity contribution is 5.44. The van der Waals surface area contributed by atoms with Crippen LogP contribution in [-0.2, 0) is 6.42 Å². The van der Waals surface area contributed by atoms with E-state index in [2.05, 4.69) is 24.9 Å². The lowest BCUT2D eigenvalue weighted by atomic mass is 9.94. The van der Waals surface area contributed by atoms with Crippen molar-refractivity contribution in [3.63, 3.8) is 0 Å². The van der Waals surface area contributed by atoms with Crippen molar-refractivity contribution < 1.29 is 9.47 Å². The van der Waals surface area contributed by atoms with Gasteiger partial charge in [0.15, 0.2) is 0 Å². The Hall–Kier alpha value is -2.23. The molecule has 104 valence electrons. The smallest absolute Gasteiger partial charge is 0.219 e. The van der Waals surface area contributed by atoms with Gasteiger partial charge in [-0.25, -0.2) is 4.98 Å². The molecule has 1 aliphatic rings. The van der Waals surface area contributed by atoms with Gasteiger partial charge in [0, 0.05) is 12.1 Å². The number of aromatic nitrogens is 1. The molecule has 3 rings (SSSR count). The summed E-state index contributed by atoms with van der Waals surface area (Å²) in [6.45, 7) is 4.20. The SMILES string of the molecule is CC1(C)CCc2ccc(Oc3ccc(N)cn3)cc2O1. The van der Waals surface area contributed by atoms with Gasteiger partial charge in [0.25, 0.3) is 0 Å². The first-order valence-electron chi connectivity index (χ1n) is 6.73. The van der Waals surface area contributed by atoms with Crippen LogP contribution in [0.1, 0.15) is 25.8 Å². The Morgan fingerprint density at radius 1 is 1.25 bits per heavy atom. The molecule has 2 aromatic rings. The van der Waals surface area contributed by atoms with Gasteiger partial charge in [-0.1, -0.05) is 6.07 Å². The molecule has 0 atom stereocenters. The molecule has 4 nitrogen and oxygen atoms in total. The molecular weight excluding hydrogens is 252 g/mol. The number of nitrogen functional groups attached to an aromatic ring is 1. The summed E-state index contributed by atoms with van der Waals surface area (Å²) >= 11 is 0. The van der Waals surface area contributed by atoms with E-state index in [0.29, 0.717) is 11.6 Å². The number of hydrogen-bond donors (Lipinski definition) is 1. The Morgan fingerprint density at radius 2 is 2.10 bits per heavy atom. The summed E-state index contributed by atoms with van der Waals surface area (Å²) in [4.78, 5) is 4.13. The number of fused-ring (bicyclic) bond motifs is 1. The van der Waals surface area contributed by atoms with Crippen molar-refractivity contribution in [2.24, 2.45) is 0 Å². The van der Waals surface area contributed by atoms with Gasteiger partial charge in [0.2, 0.25) is 5.88 Å². The van der Waals surface area contributed by atoms with Gasteiger partial charge < -0.3 is 15.2 Å². The van der Waals surface area contributed by atoms with E-state index in [1.165, 1.54) is 5.56 Å². The quantitative estimate of drug-likeness (QED) is 0.906. The summed E-state index contributed by atoms with van der Waals surface area (Å²) in [6, 6.07) is 9.43. The number of pyridine rings is 1. The van der Waals surface area contributed by atoms with Gasteiger partial charge in [-0.15, -0.1) is 0 Å². The van der Waals surface area contributed by atoms with E-state index < -0.39 is 0 Å². The van der Waals surface area contributed by atoms with Crippen molar-refractivity contribution in [1.82, 2.24) is 4.98 Å². The number of ether oxygens (including phenoxy) is 2. The monoisotopic (exact) mass is 270 g/mol. The molecule has 0 bridgehead atoms. The van der Waals surface area contributed by atoms with Gasteiger partial charge in [-0.2, -0.15) is 0 Å². The van der Waals surface area contributed by atoms with Crippen LogP contribution < -0.4 is 15.2 Å². The number of anilines is 1. The molecule has 0 amide bonds. The Labute approximate surface area is 118 Å². The number of benzene rings is 1. The number of aryl methyl sites for hydroxylation is 1. The lowest BCUT2D eigenvalue weighted by Gasteiger charge is -2.32. The van der Waals surface area contributed by atoms with Gasteiger partial charge in [-0.3, -0.25) is 0 Å². The second-order valence-corrected chi connectivity index (χ2v) is 5.66. The summed E-state index contributed by atoms with van der Waals surface area (Å²) in [5, 5.41) is 0. The maximum atomic E-state index is 6.00. The van der Waals surface area contributed by atoms with Gasteiger partial charge in [0.1, 0.15) is 17.1 Å². The van der Waals surface area contributed by atoms with E-state index in [0.717, 1.165) is 24.3 Å². The summed E-state index contributed by atoms with van der Waals surface area (Å²) in [5.74, 6) is 2.14. The lowest BCUT2D eigenvalue weighted by molar-refractivity contribution is 0.0844. The molecule has 20 heavy (non-hydrogen) atoms. The largest absolute Gasteiger partial charge is 0.487 e. The number of nitrogens with two attached hydrogens (primary N) is 1. The average molecular weight is 270 g/mol. The molecular formula is C16H18N2O2. The van der Waals surface area contributed by atoms with E-state index in [9.17, 15) is 0 Å². The molecule has 2 heterocycles. The van der Waals surface area contributed by atoms with Crippen LogP contribution in [0.4, 0.5) is 5.69 Å². The fourth-order valence-corrected chi connectivity index (χ4v) is 2.26. The predicted molar refractivity (Wildman–Crippen MR) is 78.2 cm³/mol. The number of rotatable bonds is 2. The third-order valence-electron chi connectivity index (χ3n) is 3.40. The van der Waals surface area contributed by atoms with Crippen molar-refractivity contribution in [3.05, 3.63) is 42.1 Å². The second kappa shape index (κ2) is 4.71. The summed E-state index contributed by atoms with van der Waals surface area (Å²) in [5.41, 5.74) is 7.33. The summed E-state index contributed by atoms with van der Waals surface area (Å²) in [7, 11) is 0. The predicted octanol–water partition coefficient (Wildman–Crippen LogP) is 3.56. The Kier molecular flexibility index (Phi) is 3.01. The van der Waals surface area contributed by atoms with Gasteiger partial charge in [0.05, 0.1) is 11.9 Å². The molecule has 1 aromatic heterocycles. The van der Waals surface area contributed by atoms with E-state index in [-0.39, 0.29) is 5.60 Å². The highest BCUT2D eigenvalue weighted by Gasteiger charge is 2.26. The van der Waals surface area contributed by atoms with Crippen molar-refractivity contribution in [3.8, 4) is 17.4 Å². The minimum atomic E-state index is -0.120. The number of hydrogen-bond acceptors (Lipinski definition) is 4. The molecule has 0 saturated carbocycles. The third kappa shape index (κ3) is 2.69. The van der Waals surface area contributed by atoms with Crippen molar-refractivity contribution >= 4 is 5.69 Å². The maximum absolute atomic E-state index is 6.00. The van der Waals surface area contributed by atoms with Crippen LogP contribution in [0.15, 0.2) is 36.5 Å². The molecule has 0 saturated heterocycles. The zero-order valence-electron chi connectivity index (χ0n) is 11.7. The van der Waals surface area contributed by atoms with Crippen LogP contribution in [0, 0.1) is 0 Å². The number of nitrogens with zero attached hydrogens (tertiary/aromatic N) is 1. The Morgan fingerprint density at radius 3 is 2.85 bits per heavy atom. The molecule has 1 aromatic carbocycles. The van der Waals surface area contributed by atoms with Gasteiger partial charge in [-0.05, 0) is 44.4 Å². The minimum absolute atomic E-state index is 0.120. The zero-order chi connectivity index (χ0) is 14.2. The van der Waals surface area contributed by atoms with Gasteiger partial charge >= 0.3 is 0 Å². The van der Waals surface area contributed by atoms with E-state index in [1.54, 1.807) is 18.3 Å². The Bertz CT molecular complexity index is 621. The molecule has 0 spiro atoms. The fraction of sp³-hybridized carbons (Fsp3) is 0.312. The maximum Gasteiger partial charge on any atom is 0.219 e. The molecule has 0 fully saturated rings. The van der Waals surface area contributed by atoms with Crippen molar-refractivity contribution in [2.75, 3.05) is 5.73 Å². The minimum Gasteiger partial charge on any atom is -0.487 e. The standard InChI is InChI=1S/C16H18N2O2/c1-16(2)8-7-11-3-5-13(9-14(11)20-16)19-15-6-4-12(17)10-18-15/h3-6,9-10H,7-8,17H2,1-2H3. The molecule has 1 aliphatic heterocycles. The highest BCUT2D eigenvalue weighted by Crippen LogP contribution is 2.36. The molecule has 0 aliphatic carbocycles. The molecule has 0 unspecified atom stereocenters. The van der Waals surface area contributed by atoms with Crippen LogP contribution in [0.5, 0.6) is 17.4 Å². The first-order chi connectivity index (χ1) is 9.52. The zero-order valence-corrected chi connectivity index (χ0v) is 11.7. The van der Waals surface area contributed by atoms with E-state index >= 15 is 0 Å². The first-order valence-corrected chi connectivity index (χ1v) is 6.73. The van der Waals surface area contributed by atoms with Crippen LogP contribution in [0.3, 0.4) is 0 Å². The van der Waals surface area contributed by atoms with Crippen molar-refractivity contribution in [2.45, 2.75) is 32.3 Å². The summed E-state index contributed by atoms with van der Waals surface area (Å²) in [6.07, 6.45) is 3.63. The van der Waals surface area contributed by atoms with Crippen LogP contribution in [0.25, 0.3) is 0 Å². The second-order valence-electron chi connectivity index (χ2n) is 5.66. The fourth-order valence-electron chi connectivity index (χ4n) is 2.26. The van der Waals surface area contributed by atoms with Crippen LogP contribution in [-0.4, -0.2) is 10.6 Å². The van der Waals surface area contributed by atoms with Crippen LogP contribution in [0.2, 0.25) is 0 Å². The molecule has 4 heteroatoms. The molecule has 0 radical (unpaired) electrons. The third-order valence-corrected chi connectivity index (χ3v) is 3.40. The Balaban J connectivity index is 1.83. The first kappa shape index (κ1) is 12.8. The highest BCUT2D eigenvalue weighted by atomic mass is 16.5. The summed E-state index contributed by atoms with van der Waals surface area (Å²) < 4.78 is 11.7.